The van der Waals surface area contributed by atoms with E-state index >= 15 is 0 Å². The molecule has 0 aliphatic rings. The number of hydrogen-bond donors (Lipinski definition) is 1. The first-order valence-corrected chi connectivity index (χ1v) is 6.40. The van der Waals surface area contributed by atoms with Crippen LogP contribution in [0.4, 0.5) is 0 Å². The third kappa shape index (κ3) is 2.85. The second kappa shape index (κ2) is 6.04. The molecule has 1 rings (SSSR count). The molecular formula is C13H25N3. The molecule has 1 heterocycles. The largest absolute Gasteiger partial charge is 0.330 e. The van der Waals surface area contributed by atoms with E-state index in [4.69, 9.17) is 5.73 Å². The van der Waals surface area contributed by atoms with Crippen molar-refractivity contribution in [1.29, 1.82) is 0 Å². The lowest BCUT2D eigenvalue weighted by Gasteiger charge is -2.26. The fourth-order valence-corrected chi connectivity index (χ4v) is 2.28. The van der Waals surface area contributed by atoms with Crippen LogP contribution < -0.4 is 5.73 Å². The molecule has 0 saturated carbocycles. The SMILES string of the molecule is CCCC(N)C(CC)n1ccnc1C(C)C. The van der Waals surface area contributed by atoms with Crippen molar-refractivity contribution in [2.45, 2.75) is 65.0 Å². The van der Waals surface area contributed by atoms with E-state index in [1.165, 1.54) is 0 Å². The number of nitrogens with two attached hydrogens (primary N) is 1. The summed E-state index contributed by atoms with van der Waals surface area (Å²) in [6.45, 7) is 8.74. The minimum atomic E-state index is 0.238. The van der Waals surface area contributed by atoms with Crippen LogP contribution in [0.2, 0.25) is 0 Å². The van der Waals surface area contributed by atoms with E-state index in [0.717, 1.165) is 25.1 Å². The first-order valence-electron chi connectivity index (χ1n) is 6.40. The molecule has 2 atom stereocenters. The third-order valence-corrected chi connectivity index (χ3v) is 3.11. The van der Waals surface area contributed by atoms with Crippen LogP contribution in [0.5, 0.6) is 0 Å². The van der Waals surface area contributed by atoms with Crippen LogP contribution in [-0.4, -0.2) is 15.6 Å². The molecule has 0 bridgehead atoms. The predicted octanol–water partition coefficient (Wildman–Crippen LogP) is 3.09. The van der Waals surface area contributed by atoms with E-state index in [1.54, 1.807) is 0 Å². The molecule has 1 aromatic rings. The smallest absolute Gasteiger partial charge is 0.111 e. The highest BCUT2D eigenvalue weighted by Crippen LogP contribution is 2.23. The van der Waals surface area contributed by atoms with Gasteiger partial charge in [0.15, 0.2) is 0 Å². The Balaban J connectivity index is 2.90. The maximum atomic E-state index is 6.25. The standard InChI is InChI=1S/C13H25N3/c1-5-7-11(14)12(6-2)16-9-8-15-13(16)10(3)4/h8-12H,5-7,14H2,1-4H3. The summed E-state index contributed by atoms with van der Waals surface area (Å²) in [5, 5.41) is 0. The van der Waals surface area contributed by atoms with Gasteiger partial charge in [0, 0.05) is 30.4 Å². The summed E-state index contributed by atoms with van der Waals surface area (Å²) in [7, 11) is 0. The second-order valence-electron chi connectivity index (χ2n) is 4.78. The lowest BCUT2D eigenvalue weighted by atomic mass is 10.0. The molecule has 2 unspecified atom stereocenters. The van der Waals surface area contributed by atoms with E-state index in [2.05, 4.69) is 43.4 Å². The Labute approximate surface area is 99.1 Å². The summed E-state index contributed by atoms with van der Waals surface area (Å²) >= 11 is 0. The average Bonchev–Trinajstić information content (AvgIpc) is 2.68. The highest BCUT2D eigenvalue weighted by atomic mass is 15.1. The zero-order valence-corrected chi connectivity index (χ0v) is 11.0. The van der Waals surface area contributed by atoms with Gasteiger partial charge in [-0.2, -0.15) is 0 Å². The van der Waals surface area contributed by atoms with Crippen LogP contribution >= 0.6 is 0 Å². The van der Waals surface area contributed by atoms with Crippen molar-refractivity contribution in [3.8, 4) is 0 Å². The van der Waals surface area contributed by atoms with Crippen molar-refractivity contribution in [1.82, 2.24) is 9.55 Å². The van der Waals surface area contributed by atoms with Gasteiger partial charge >= 0.3 is 0 Å². The van der Waals surface area contributed by atoms with E-state index in [1.807, 2.05) is 6.20 Å². The maximum absolute atomic E-state index is 6.25. The van der Waals surface area contributed by atoms with Gasteiger partial charge in [-0.1, -0.05) is 34.1 Å². The first-order chi connectivity index (χ1) is 7.61. The van der Waals surface area contributed by atoms with Gasteiger partial charge in [0.25, 0.3) is 0 Å². The molecule has 0 aliphatic carbocycles. The van der Waals surface area contributed by atoms with Gasteiger partial charge in [-0.15, -0.1) is 0 Å². The second-order valence-corrected chi connectivity index (χ2v) is 4.78. The Morgan fingerprint density at radius 1 is 1.38 bits per heavy atom. The van der Waals surface area contributed by atoms with Gasteiger partial charge < -0.3 is 10.3 Å². The number of hydrogen-bond acceptors (Lipinski definition) is 2. The Kier molecular flexibility index (Phi) is 5.00. The van der Waals surface area contributed by atoms with Crippen molar-refractivity contribution in [2.24, 2.45) is 5.73 Å². The molecule has 3 heteroatoms. The molecule has 0 saturated heterocycles. The Hall–Kier alpha value is -0.830. The number of nitrogens with zero attached hydrogens (tertiary/aromatic N) is 2. The minimum Gasteiger partial charge on any atom is -0.330 e. The molecule has 2 N–H and O–H groups in total. The molecule has 0 aromatic carbocycles. The van der Waals surface area contributed by atoms with Crippen molar-refractivity contribution >= 4 is 0 Å². The monoisotopic (exact) mass is 223 g/mol. The molecule has 0 aliphatic heterocycles. The third-order valence-electron chi connectivity index (χ3n) is 3.11. The maximum Gasteiger partial charge on any atom is 0.111 e. The summed E-state index contributed by atoms with van der Waals surface area (Å²) in [5.41, 5.74) is 6.25. The molecule has 0 amide bonds. The van der Waals surface area contributed by atoms with Gasteiger partial charge in [-0.25, -0.2) is 4.98 Å². The molecule has 92 valence electrons. The molecule has 0 fully saturated rings. The number of aromatic nitrogens is 2. The molecule has 1 aromatic heterocycles. The molecule has 16 heavy (non-hydrogen) atoms. The van der Waals surface area contributed by atoms with Gasteiger partial charge in [0.1, 0.15) is 5.82 Å². The summed E-state index contributed by atoms with van der Waals surface area (Å²) in [4.78, 5) is 4.43. The lowest BCUT2D eigenvalue weighted by molar-refractivity contribution is 0.365. The Bertz CT molecular complexity index is 304. The highest BCUT2D eigenvalue weighted by Gasteiger charge is 2.20. The van der Waals surface area contributed by atoms with Crippen LogP contribution in [0.25, 0.3) is 0 Å². The Morgan fingerprint density at radius 2 is 2.06 bits per heavy atom. The van der Waals surface area contributed by atoms with Crippen molar-refractivity contribution in [3.63, 3.8) is 0 Å². The normalized spacial score (nSPS) is 15.4. The Morgan fingerprint density at radius 3 is 2.56 bits per heavy atom. The molecule has 3 nitrogen and oxygen atoms in total. The number of rotatable bonds is 6. The van der Waals surface area contributed by atoms with Crippen LogP contribution in [0.3, 0.4) is 0 Å². The van der Waals surface area contributed by atoms with Crippen LogP contribution in [0.15, 0.2) is 12.4 Å². The van der Waals surface area contributed by atoms with Gasteiger partial charge in [-0.05, 0) is 12.8 Å². The van der Waals surface area contributed by atoms with Crippen molar-refractivity contribution in [3.05, 3.63) is 18.2 Å². The lowest BCUT2D eigenvalue weighted by Crippen LogP contribution is -2.32. The minimum absolute atomic E-state index is 0.238. The van der Waals surface area contributed by atoms with Gasteiger partial charge in [-0.3, -0.25) is 0 Å². The van der Waals surface area contributed by atoms with E-state index < -0.39 is 0 Å². The summed E-state index contributed by atoms with van der Waals surface area (Å²) in [6, 6.07) is 0.626. The topological polar surface area (TPSA) is 43.8 Å². The zero-order chi connectivity index (χ0) is 12.1. The van der Waals surface area contributed by atoms with Crippen molar-refractivity contribution in [2.75, 3.05) is 0 Å². The van der Waals surface area contributed by atoms with E-state index in [-0.39, 0.29) is 6.04 Å². The van der Waals surface area contributed by atoms with E-state index in [0.29, 0.717) is 12.0 Å². The van der Waals surface area contributed by atoms with Crippen molar-refractivity contribution < 1.29 is 0 Å². The fraction of sp³-hybridized carbons (Fsp3) is 0.769. The summed E-state index contributed by atoms with van der Waals surface area (Å²) in [6.07, 6.45) is 7.24. The molecule has 0 radical (unpaired) electrons. The van der Waals surface area contributed by atoms with Crippen LogP contribution in [-0.2, 0) is 0 Å². The van der Waals surface area contributed by atoms with Gasteiger partial charge in [0.05, 0.1) is 0 Å². The number of imidazole rings is 1. The fourth-order valence-electron chi connectivity index (χ4n) is 2.28. The average molecular weight is 223 g/mol. The van der Waals surface area contributed by atoms with E-state index in [9.17, 15) is 0 Å². The zero-order valence-electron chi connectivity index (χ0n) is 11.0. The molecular weight excluding hydrogens is 198 g/mol. The summed E-state index contributed by atoms with van der Waals surface area (Å²) < 4.78 is 2.27. The highest BCUT2D eigenvalue weighted by molar-refractivity contribution is 5.01. The van der Waals surface area contributed by atoms with Crippen LogP contribution in [0.1, 0.15) is 64.7 Å². The predicted molar refractivity (Wildman–Crippen MR) is 68.5 cm³/mol. The first kappa shape index (κ1) is 13.2. The van der Waals surface area contributed by atoms with Crippen LogP contribution in [0, 0.1) is 0 Å². The summed E-state index contributed by atoms with van der Waals surface area (Å²) in [5.74, 6) is 1.61. The molecule has 0 spiro atoms. The van der Waals surface area contributed by atoms with Gasteiger partial charge in [0.2, 0.25) is 0 Å². The quantitative estimate of drug-likeness (QED) is 0.805.